The first kappa shape index (κ1) is 10.6. The van der Waals surface area contributed by atoms with Gasteiger partial charge >= 0.3 is 0 Å². The van der Waals surface area contributed by atoms with Gasteiger partial charge in [0, 0.05) is 0 Å². The largest absolute Gasteiger partial charge is 0.394 e. The van der Waals surface area contributed by atoms with Gasteiger partial charge in [-0.25, -0.2) is 0 Å². The Kier molecular flexibility index (Phi) is 3.58. The van der Waals surface area contributed by atoms with E-state index in [4.69, 9.17) is 5.11 Å². The van der Waals surface area contributed by atoms with Gasteiger partial charge in [0.15, 0.2) is 5.69 Å². The Morgan fingerprint density at radius 1 is 1.71 bits per heavy atom. The fourth-order valence-corrected chi connectivity index (χ4v) is 0.976. The molecule has 14 heavy (non-hydrogen) atoms. The molecule has 0 radical (unpaired) electrons. The Morgan fingerprint density at radius 3 is 2.86 bits per heavy atom. The van der Waals surface area contributed by atoms with Crippen molar-refractivity contribution >= 4 is 5.91 Å². The van der Waals surface area contributed by atoms with Crippen molar-refractivity contribution in [1.82, 2.24) is 20.7 Å². The summed E-state index contributed by atoms with van der Waals surface area (Å²) in [6.45, 7) is 3.76. The van der Waals surface area contributed by atoms with Gasteiger partial charge in [-0.05, 0) is 5.92 Å². The molecule has 0 fully saturated rings. The normalized spacial score (nSPS) is 12.9. The lowest BCUT2D eigenvalue weighted by Crippen LogP contribution is -2.41. The Bertz CT molecular complexity index is 284. The topological polar surface area (TPSA) is 90.9 Å². The van der Waals surface area contributed by atoms with E-state index in [9.17, 15) is 4.79 Å². The highest BCUT2D eigenvalue weighted by Crippen LogP contribution is 2.01. The van der Waals surface area contributed by atoms with Gasteiger partial charge < -0.3 is 10.4 Å². The molecule has 0 unspecified atom stereocenters. The fraction of sp³-hybridized carbons (Fsp3) is 0.625. The van der Waals surface area contributed by atoms with Crippen molar-refractivity contribution in [2.45, 2.75) is 19.9 Å². The highest BCUT2D eigenvalue weighted by atomic mass is 16.3. The summed E-state index contributed by atoms with van der Waals surface area (Å²) in [5.74, 6) is -0.151. The summed E-state index contributed by atoms with van der Waals surface area (Å²) in [6, 6.07) is -0.251. The standard InChI is InChI=1S/C8H14N4O2/c1-5(2)7(4-13)10-8(14)6-3-9-12-11-6/h3,5,7,13H,4H2,1-2H3,(H,10,14)(H,9,11,12)/t7-/m1/s1. The van der Waals surface area contributed by atoms with Crippen LogP contribution in [0.2, 0.25) is 0 Å². The zero-order valence-corrected chi connectivity index (χ0v) is 8.19. The van der Waals surface area contributed by atoms with Crippen LogP contribution in [-0.4, -0.2) is 39.1 Å². The van der Waals surface area contributed by atoms with E-state index < -0.39 is 0 Å². The Hall–Kier alpha value is -1.43. The summed E-state index contributed by atoms with van der Waals surface area (Å²) in [7, 11) is 0. The quantitative estimate of drug-likeness (QED) is 0.611. The number of aliphatic hydroxyl groups is 1. The van der Waals surface area contributed by atoms with Crippen LogP contribution in [0.15, 0.2) is 6.20 Å². The van der Waals surface area contributed by atoms with E-state index in [1.807, 2.05) is 13.8 Å². The summed E-state index contributed by atoms with van der Waals surface area (Å²) >= 11 is 0. The summed E-state index contributed by atoms with van der Waals surface area (Å²) in [5.41, 5.74) is 0.226. The monoisotopic (exact) mass is 198 g/mol. The molecular weight excluding hydrogens is 184 g/mol. The van der Waals surface area contributed by atoms with E-state index >= 15 is 0 Å². The minimum atomic E-state index is -0.327. The van der Waals surface area contributed by atoms with E-state index in [2.05, 4.69) is 20.7 Å². The van der Waals surface area contributed by atoms with E-state index in [0.29, 0.717) is 0 Å². The molecule has 1 aromatic rings. The number of nitrogens with one attached hydrogen (secondary N) is 2. The van der Waals surface area contributed by atoms with Crippen LogP contribution in [0, 0.1) is 5.92 Å². The number of aromatic amines is 1. The highest BCUT2D eigenvalue weighted by Gasteiger charge is 2.17. The molecule has 1 heterocycles. The maximum atomic E-state index is 11.4. The third-order valence-electron chi connectivity index (χ3n) is 1.97. The zero-order valence-electron chi connectivity index (χ0n) is 8.19. The molecule has 0 aliphatic rings. The van der Waals surface area contributed by atoms with Gasteiger partial charge in [0.1, 0.15) is 0 Å². The maximum absolute atomic E-state index is 11.4. The van der Waals surface area contributed by atoms with Crippen molar-refractivity contribution in [3.63, 3.8) is 0 Å². The van der Waals surface area contributed by atoms with Crippen molar-refractivity contribution < 1.29 is 9.90 Å². The van der Waals surface area contributed by atoms with Crippen molar-refractivity contribution in [2.24, 2.45) is 5.92 Å². The molecule has 1 atom stereocenters. The van der Waals surface area contributed by atoms with Gasteiger partial charge in [-0.1, -0.05) is 13.8 Å². The van der Waals surface area contributed by atoms with E-state index in [-0.39, 0.29) is 30.2 Å². The molecule has 1 amide bonds. The number of H-pyrrole nitrogens is 1. The smallest absolute Gasteiger partial charge is 0.273 e. The number of rotatable bonds is 4. The predicted molar refractivity (Wildman–Crippen MR) is 49.6 cm³/mol. The summed E-state index contributed by atoms with van der Waals surface area (Å²) in [6.07, 6.45) is 1.34. The predicted octanol–water partition coefficient (Wildman–Crippen LogP) is -0.449. The van der Waals surface area contributed by atoms with Crippen LogP contribution in [0.1, 0.15) is 24.3 Å². The molecule has 0 saturated carbocycles. The lowest BCUT2D eigenvalue weighted by atomic mass is 10.1. The first-order valence-corrected chi connectivity index (χ1v) is 4.42. The van der Waals surface area contributed by atoms with Crippen molar-refractivity contribution in [2.75, 3.05) is 6.61 Å². The van der Waals surface area contributed by atoms with E-state index in [1.165, 1.54) is 6.20 Å². The Morgan fingerprint density at radius 2 is 2.43 bits per heavy atom. The molecule has 0 spiro atoms. The van der Waals surface area contributed by atoms with Crippen LogP contribution >= 0.6 is 0 Å². The zero-order chi connectivity index (χ0) is 10.6. The molecule has 0 aliphatic heterocycles. The Balaban J connectivity index is 2.56. The van der Waals surface area contributed by atoms with Gasteiger partial charge in [0.2, 0.25) is 0 Å². The van der Waals surface area contributed by atoms with Gasteiger partial charge in [0.25, 0.3) is 5.91 Å². The van der Waals surface area contributed by atoms with Gasteiger partial charge in [-0.2, -0.15) is 15.4 Å². The third kappa shape index (κ3) is 2.53. The highest BCUT2D eigenvalue weighted by molar-refractivity contribution is 5.92. The number of aromatic nitrogens is 3. The molecule has 0 saturated heterocycles. The fourth-order valence-electron chi connectivity index (χ4n) is 0.976. The van der Waals surface area contributed by atoms with Crippen LogP contribution in [0.5, 0.6) is 0 Å². The molecule has 0 aromatic carbocycles. The van der Waals surface area contributed by atoms with Gasteiger partial charge in [0.05, 0.1) is 18.8 Å². The molecule has 3 N–H and O–H groups in total. The number of hydrogen-bond donors (Lipinski definition) is 3. The minimum Gasteiger partial charge on any atom is -0.394 e. The van der Waals surface area contributed by atoms with Crippen molar-refractivity contribution in [3.8, 4) is 0 Å². The summed E-state index contributed by atoms with van der Waals surface area (Å²) < 4.78 is 0. The van der Waals surface area contributed by atoms with Gasteiger partial charge in [-0.15, -0.1) is 0 Å². The average Bonchev–Trinajstić information content (AvgIpc) is 2.65. The number of aliphatic hydroxyl groups excluding tert-OH is 1. The minimum absolute atomic E-state index is 0.0821. The third-order valence-corrected chi connectivity index (χ3v) is 1.97. The number of carbonyl (C=O) groups is 1. The van der Waals surface area contributed by atoms with Gasteiger partial charge in [-0.3, -0.25) is 4.79 Å². The van der Waals surface area contributed by atoms with E-state index in [1.54, 1.807) is 0 Å². The van der Waals surface area contributed by atoms with Crippen molar-refractivity contribution in [1.29, 1.82) is 0 Å². The SMILES string of the molecule is CC(C)[C@@H](CO)NC(=O)c1cn[nH]n1. The molecule has 1 rings (SSSR count). The number of carbonyl (C=O) groups excluding carboxylic acids is 1. The first-order chi connectivity index (χ1) is 6.65. The van der Waals surface area contributed by atoms with Crippen LogP contribution in [0.3, 0.4) is 0 Å². The first-order valence-electron chi connectivity index (χ1n) is 4.42. The van der Waals surface area contributed by atoms with Crippen LogP contribution in [-0.2, 0) is 0 Å². The lowest BCUT2D eigenvalue weighted by Gasteiger charge is -2.18. The summed E-state index contributed by atoms with van der Waals surface area (Å²) in [4.78, 5) is 11.4. The number of hydrogen-bond acceptors (Lipinski definition) is 4. The molecule has 6 heteroatoms. The van der Waals surface area contributed by atoms with Crippen LogP contribution in [0.25, 0.3) is 0 Å². The number of amides is 1. The lowest BCUT2D eigenvalue weighted by molar-refractivity contribution is 0.0891. The second-order valence-corrected chi connectivity index (χ2v) is 3.36. The molecule has 1 aromatic heterocycles. The van der Waals surface area contributed by atoms with Crippen LogP contribution < -0.4 is 5.32 Å². The van der Waals surface area contributed by atoms with E-state index in [0.717, 1.165) is 0 Å². The molecule has 0 bridgehead atoms. The molecule has 0 aliphatic carbocycles. The second kappa shape index (κ2) is 4.71. The summed E-state index contributed by atoms with van der Waals surface area (Å²) in [5, 5.41) is 21.1. The maximum Gasteiger partial charge on any atom is 0.273 e. The average molecular weight is 198 g/mol. The molecular formula is C8H14N4O2. The Labute approximate surface area is 81.7 Å². The number of nitrogens with zero attached hydrogens (tertiary/aromatic N) is 2. The molecule has 78 valence electrons. The molecule has 6 nitrogen and oxygen atoms in total. The van der Waals surface area contributed by atoms with Crippen molar-refractivity contribution in [3.05, 3.63) is 11.9 Å². The van der Waals surface area contributed by atoms with Crippen LogP contribution in [0.4, 0.5) is 0 Å². The second-order valence-electron chi connectivity index (χ2n) is 3.36.